The highest BCUT2D eigenvalue weighted by atomic mass is 16.4. The van der Waals surface area contributed by atoms with E-state index < -0.39 is 5.97 Å². The van der Waals surface area contributed by atoms with E-state index in [1.807, 2.05) is 6.92 Å². The Morgan fingerprint density at radius 1 is 1.43 bits per heavy atom. The second-order valence-electron chi connectivity index (χ2n) is 6.05. The fourth-order valence-electron chi connectivity index (χ4n) is 3.13. The van der Waals surface area contributed by atoms with Crippen LogP contribution in [0, 0.1) is 12.3 Å². The maximum absolute atomic E-state index is 12.2. The molecule has 1 amide bonds. The number of rotatable bonds is 6. The van der Waals surface area contributed by atoms with Gasteiger partial charge in [0.1, 0.15) is 11.8 Å². The number of aryl methyl sites for hydroxylation is 1. The van der Waals surface area contributed by atoms with Crippen LogP contribution in [0.4, 0.5) is 0 Å². The minimum absolute atomic E-state index is 0.0624. The van der Waals surface area contributed by atoms with E-state index in [0.29, 0.717) is 11.7 Å². The molecular weight excluding hydrogens is 272 g/mol. The van der Waals surface area contributed by atoms with E-state index in [0.717, 1.165) is 25.7 Å². The van der Waals surface area contributed by atoms with E-state index in [4.69, 9.17) is 9.52 Å². The standard InChI is InChI=1S/C15H22N2O4/c1-10-9-16-14(21-10)11(2)17-12(18)7-15(8-13(19)20)5-3-4-6-15/h9,11H,3-8H2,1-2H3,(H,17,18)(H,19,20). The zero-order valence-corrected chi connectivity index (χ0v) is 12.5. The molecule has 1 saturated carbocycles. The maximum atomic E-state index is 12.2. The van der Waals surface area contributed by atoms with Crippen LogP contribution in [0.2, 0.25) is 0 Å². The first-order valence-corrected chi connectivity index (χ1v) is 7.34. The van der Waals surface area contributed by atoms with Crippen molar-refractivity contribution in [3.63, 3.8) is 0 Å². The number of amides is 1. The number of aromatic nitrogens is 1. The summed E-state index contributed by atoms with van der Waals surface area (Å²) in [6.07, 6.45) is 5.53. The van der Waals surface area contributed by atoms with E-state index in [1.165, 1.54) is 0 Å². The summed E-state index contributed by atoms with van der Waals surface area (Å²) in [5, 5.41) is 11.9. The molecule has 1 atom stereocenters. The van der Waals surface area contributed by atoms with Crippen LogP contribution in [0.15, 0.2) is 10.6 Å². The first kappa shape index (κ1) is 15.5. The van der Waals surface area contributed by atoms with Crippen molar-refractivity contribution in [2.24, 2.45) is 5.41 Å². The Morgan fingerprint density at radius 3 is 2.62 bits per heavy atom. The SMILES string of the molecule is Cc1cnc(C(C)NC(=O)CC2(CC(=O)O)CCCC2)o1. The lowest BCUT2D eigenvalue weighted by molar-refractivity contribution is -0.140. The van der Waals surface area contributed by atoms with Crippen LogP contribution < -0.4 is 5.32 Å². The average Bonchev–Trinajstić information content (AvgIpc) is 2.97. The van der Waals surface area contributed by atoms with Gasteiger partial charge in [0.2, 0.25) is 11.8 Å². The fourth-order valence-corrected chi connectivity index (χ4v) is 3.13. The van der Waals surface area contributed by atoms with Crippen molar-refractivity contribution >= 4 is 11.9 Å². The molecule has 0 aliphatic heterocycles. The molecule has 0 saturated heterocycles. The van der Waals surface area contributed by atoms with Crippen LogP contribution in [0.3, 0.4) is 0 Å². The molecule has 0 bridgehead atoms. The molecular formula is C15H22N2O4. The minimum atomic E-state index is -0.832. The van der Waals surface area contributed by atoms with Crippen LogP contribution in [0.5, 0.6) is 0 Å². The number of carbonyl (C=O) groups excluding carboxylic acids is 1. The highest BCUT2D eigenvalue weighted by Gasteiger charge is 2.38. The maximum Gasteiger partial charge on any atom is 0.303 e. The zero-order chi connectivity index (χ0) is 15.5. The second-order valence-corrected chi connectivity index (χ2v) is 6.05. The average molecular weight is 294 g/mol. The smallest absolute Gasteiger partial charge is 0.303 e. The van der Waals surface area contributed by atoms with Gasteiger partial charge in [-0.3, -0.25) is 9.59 Å². The third-order valence-electron chi connectivity index (χ3n) is 4.11. The van der Waals surface area contributed by atoms with E-state index in [9.17, 15) is 9.59 Å². The zero-order valence-electron chi connectivity index (χ0n) is 12.5. The quantitative estimate of drug-likeness (QED) is 0.841. The van der Waals surface area contributed by atoms with Crippen LogP contribution in [0.1, 0.15) is 63.1 Å². The summed E-state index contributed by atoms with van der Waals surface area (Å²) in [5.41, 5.74) is -0.387. The molecule has 1 aliphatic carbocycles. The third kappa shape index (κ3) is 4.06. The van der Waals surface area contributed by atoms with Crippen molar-refractivity contribution in [1.29, 1.82) is 0 Å². The van der Waals surface area contributed by atoms with E-state index >= 15 is 0 Å². The van der Waals surface area contributed by atoms with Crippen molar-refractivity contribution in [1.82, 2.24) is 10.3 Å². The van der Waals surface area contributed by atoms with E-state index in [-0.39, 0.29) is 30.2 Å². The predicted molar refractivity (Wildman–Crippen MR) is 75.6 cm³/mol. The van der Waals surface area contributed by atoms with Gasteiger partial charge in [0.15, 0.2) is 0 Å². The topological polar surface area (TPSA) is 92.4 Å². The molecule has 1 fully saturated rings. The Balaban J connectivity index is 1.95. The normalized spacial score (nSPS) is 18.4. The van der Waals surface area contributed by atoms with Crippen LogP contribution in [0.25, 0.3) is 0 Å². The number of carbonyl (C=O) groups is 2. The molecule has 0 spiro atoms. The van der Waals surface area contributed by atoms with Crippen molar-refractivity contribution in [2.75, 3.05) is 0 Å². The van der Waals surface area contributed by atoms with Gasteiger partial charge in [-0.2, -0.15) is 0 Å². The molecule has 0 aromatic carbocycles. The predicted octanol–water partition coefficient (Wildman–Crippen LogP) is 2.59. The summed E-state index contributed by atoms with van der Waals surface area (Å²) in [7, 11) is 0. The van der Waals surface area contributed by atoms with E-state index in [1.54, 1.807) is 13.1 Å². The Morgan fingerprint density at radius 2 is 2.10 bits per heavy atom. The molecule has 1 aliphatic rings. The lowest BCUT2D eigenvalue weighted by Gasteiger charge is -2.26. The molecule has 1 heterocycles. The Bertz CT molecular complexity index is 517. The Kier molecular flexibility index (Phi) is 4.65. The third-order valence-corrected chi connectivity index (χ3v) is 4.11. The number of aliphatic carboxylic acids is 1. The lowest BCUT2D eigenvalue weighted by Crippen LogP contribution is -2.33. The lowest BCUT2D eigenvalue weighted by atomic mass is 9.79. The molecule has 6 nitrogen and oxygen atoms in total. The summed E-state index contributed by atoms with van der Waals surface area (Å²) in [5.74, 6) is 0.200. The molecule has 1 unspecified atom stereocenters. The van der Waals surface area contributed by atoms with Gasteiger partial charge < -0.3 is 14.8 Å². The minimum Gasteiger partial charge on any atom is -0.481 e. The van der Waals surface area contributed by atoms with Crippen LogP contribution >= 0.6 is 0 Å². The molecule has 0 radical (unpaired) electrons. The van der Waals surface area contributed by atoms with Gasteiger partial charge >= 0.3 is 5.97 Å². The Labute approximate surface area is 123 Å². The summed E-state index contributed by atoms with van der Waals surface area (Å²) in [6, 6.07) is -0.311. The van der Waals surface area contributed by atoms with Gasteiger partial charge in [0.05, 0.1) is 12.6 Å². The number of carboxylic acids is 1. The number of nitrogens with one attached hydrogen (secondary N) is 1. The summed E-state index contributed by atoms with van der Waals surface area (Å²) >= 11 is 0. The van der Waals surface area contributed by atoms with Gasteiger partial charge in [-0.25, -0.2) is 4.98 Å². The van der Waals surface area contributed by atoms with Crippen molar-refractivity contribution in [2.45, 2.75) is 58.4 Å². The highest BCUT2D eigenvalue weighted by Crippen LogP contribution is 2.44. The van der Waals surface area contributed by atoms with Crippen molar-refractivity contribution in [3.05, 3.63) is 17.8 Å². The molecule has 2 rings (SSSR count). The van der Waals surface area contributed by atoms with Gasteiger partial charge in [-0.1, -0.05) is 12.8 Å². The summed E-state index contributed by atoms with van der Waals surface area (Å²) in [6.45, 7) is 3.60. The largest absolute Gasteiger partial charge is 0.481 e. The van der Waals surface area contributed by atoms with E-state index in [2.05, 4.69) is 10.3 Å². The highest BCUT2D eigenvalue weighted by molar-refractivity contribution is 5.78. The summed E-state index contributed by atoms with van der Waals surface area (Å²) < 4.78 is 5.39. The number of carboxylic acid groups (broad SMARTS) is 1. The fraction of sp³-hybridized carbons (Fsp3) is 0.667. The first-order valence-electron chi connectivity index (χ1n) is 7.34. The molecule has 21 heavy (non-hydrogen) atoms. The first-order chi connectivity index (χ1) is 9.90. The van der Waals surface area contributed by atoms with Gasteiger partial charge in [0.25, 0.3) is 0 Å². The van der Waals surface area contributed by atoms with Gasteiger partial charge in [-0.05, 0) is 32.1 Å². The molecule has 6 heteroatoms. The molecule has 116 valence electrons. The number of oxazole rings is 1. The molecule has 1 aromatic rings. The van der Waals surface area contributed by atoms with Gasteiger partial charge in [0, 0.05) is 6.42 Å². The molecule has 2 N–H and O–H groups in total. The van der Waals surface area contributed by atoms with Crippen LogP contribution in [-0.4, -0.2) is 22.0 Å². The number of nitrogens with zero attached hydrogens (tertiary/aromatic N) is 1. The Hall–Kier alpha value is -1.85. The monoisotopic (exact) mass is 294 g/mol. The number of hydrogen-bond donors (Lipinski definition) is 2. The van der Waals surface area contributed by atoms with Crippen molar-refractivity contribution in [3.8, 4) is 0 Å². The van der Waals surface area contributed by atoms with Crippen LogP contribution in [-0.2, 0) is 9.59 Å². The second kappa shape index (κ2) is 6.28. The number of hydrogen-bond acceptors (Lipinski definition) is 4. The molecule has 1 aromatic heterocycles. The van der Waals surface area contributed by atoms with Crippen molar-refractivity contribution < 1.29 is 19.1 Å². The summed E-state index contributed by atoms with van der Waals surface area (Å²) in [4.78, 5) is 27.3. The van der Waals surface area contributed by atoms with Gasteiger partial charge in [-0.15, -0.1) is 0 Å².